The van der Waals surface area contributed by atoms with Gasteiger partial charge in [0.25, 0.3) is 0 Å². The van der Waals surface area contributed by atoms with E-state index in [1.807, 2.05) is 12.2 Å². The Morgan fingerprint density at radius 3 is 3.10 bits per heavy atom. The quantitative estimate of drug-likeness (QED) is 0.511. The van der Waals surface area contributed by atoms with Crippen LogP contribution in [-0.4, -0.2) is 21.7 Å². The summed E-state index contributed by atoms with van der Waals surface area (Å²) in [5.41, 5.74) is 0. The first-order valence-corrected chi connectivity index (χ1v) is 5.78. The molecule has 0 amide bonds. The van der Waals surface area contributed by atoms with Crippen LogP contribution in [0.1, 0.15) is 6.92 Å². The van der Waals surface area contributed by atoms with Crippen LogP contribution in [-0.2, 0) is 8.98 Å². The maximum absolute atomic E-state index is 10.3. The summed E-state index contributed by atoms with van der Waals surface area (Å²) in [6.07, 6.45) is 4.00. The SMILES string of the molecule is CC(=O)OSC1=CC=C[AsH]1. The van der Waals surface area contributed by atoms with Crippen LogP contribution in [0.3, 0.4) is 0 Å². The second kappa shape index (κ2) is 3.89. The van der Waals surface area contributed by atoms with Crippen molar-refractivity contribution < 1.29 is 8.98 Å². The molecule has 4 heteroatoms. The molecule has 0 aromatic heterocycles. The Balaban J connectivity index is 2.21. The topological polar surface area (TPSA) is 26.3 Å². The van der Waals surface area contributed by atoms with Crippen molar-refractivity contribution in [2.75, 3.05) is 0 Å². The first-order chi connectivity index (χ1) is 4.79. The molecule has 1 aliphatic heterocycles. The van der Waals surface area contributed by atoms with Crippen LogP contribution in [0.15, 0.2) is 20.7 Å². The molecular formula is C6H7AsO2S. The van der Waals surface area contributed by atoms with Crippen molar-refractivity contribution in [3.8, 4) is 0 Å². The van der Waals surface area contributed by atoms with E-state index < -0.39 is 0 Å². The Hall–Kier alpha value is -0.142. The minimum absolute atomic E-state index is 0.109. The van der Waals surface area contributed by atoms with Gasteiger partial charge in [0, 0.05) is 0 Å². The van der Waals surface area contributed by atoms with Crippen molar-refractivity contribution in [1.29, 1.82) is 0 Å². The maximum atomic E-state index is 10.3. The van der Waals surface area contributed by atoms with Gasteiger partial charge in [0.15, 0.2) is 0 Å². The third kappa shape index (κ3) is 2.63. The van der Waals surface area contributed by atoms with E-state index in [0.29, 0.717) is 0 Å². The summed E-state index contributed by atoms with van der Waals surface area (Å²) in [4.78, 5) is 12.5. The fraction of sp³-hybridized carbons (Fsp3) is 0.167. The summed E-state index contributed by atoms with van der Waals surface area (Å²) in [5, 5.41) is 0. The second-order valence-corrected chi connectivity index (χ2v) is 5.66. The van der Waals surface area contributed by atoms with Crippen molar-refractivity contribution >= 4 is 33.8 Å². The number of allylic oxidation sites excluding steroid dienone is 2. The fourth-order valence-electron chi connectivity index (χ4n) is 0.469. The van der Waals surface area contributed by atoms with E-state index >= 15 is 0 Å². The van der Waals surface area contributed by atoms with Gasteiger partial charge in [-0.2, -0.15) is 0 Å². The summed E-state index contributed by atoms with van der Waals surface area (Å²) >= 11 is 1.09. The molecule has 0 spiro atoms. The zero-order valence-electron chi connectivity index (χ0n) is 5.46. The molecule has 0 aromatic rings. The van der Waals surface area contributed by atoms with Gasteiger partial charge in [-0.3, -0.25) is 0 Å². The van der Waals surface area contributed by atoms with E-state index in [1.165, 1.54) is 22.7 Å². The first kappa shape index (κ1) is 7.96. The number of hydrogen-bond donors (Lipinski definition) is 0. The van der Waals surface area contributed by atoms with Gasteiger partial charge < -0.3 is 0 Å². The predicted molar refractivity (Wildman–Crippen MR) is 43.7 cm³/mol. The van der Waals surface area contributed by atoms with E-state index in [0.717, 1.165) is 0 Å². The van der Waals surface area contributed by atoms with Crippen molar-refractivity contribution in [2.24, 2.45) is 0 Å². The van der Waals surface area contributed by atoms with Gasteiger partial charge in [0.2, 0.25) is 0 Å². The average Bonchev–Trinajstić information content (AvgIpc) is 2.34. The second-order valence-electron chi connectivity index (χ2n) is 1.69. The number of rotatable bonds is 2. The zero-order valence-corrected chi connectivity index (χ0v) is 8.37. The molecular weight excluding hydrogens is 211 g/mol. The van der Waals surface area contributed by atoms with Gasteiger partial charge in [-0.25, -0.2) is 0 Å². The predicted octanol–water partition coefficient (Wildman–Crippen LogP) is 1.00. The van der Waals surface area contributed by atoms with Crippen LogP contribution in [0.2, 0.25) is 0 Å². The first-order valence-electron chi connectivity index (χ1n) is 2.77. The van der Waals surface area contributed by atoms with Crippen molar-refractivity contribution in [1.82, 2.24) is 0 Å². The molecule has 0 aromatic carbocycles. The van der Waals surface area contributed by atoms with Crippen LogP contribution in [0.4, 0.5) is 0 Å². The Bertz CT molecular complexity index is 198. The van der Waals surface area contributed by atoms with Crippen LogP contribution >= 0.6 is 12.0 Å². The molecule has 0 saturated carbocycles. The Morgan fingerprint density at radius 2 is 2.60 bits per heavy atom. The molecule has 1 aliphatic rings. The molecule has 2 nitrogen and oxygen atoms in total. The van der Waals surface area contributed by atoms with E-state index in [-0.39, 0.29) is 21.7 Å². The summed E-state index contributed by atoms with van der Waals surface area (Å²) in [7, 11) is 0. The van der Waals surface area contributed by atoms with Gasteiger partial charge >= 0.3 is 70.4 Å². The summed E-state index contributed by atoms with van der Waals surface area (Å²) in [5.74, 6) is -0.232. The molecule has 0 radical (unpaired) electrons. The van der Waals surface area contributed by atoms with E-state index in [4.69, 9.17) is 4.18 Å². The van der Waals surface area contributed by atoms with Crippen molar-refractivity contribution in [2.45, 2.75) is 6.92 Å². The molecule has 1 heterocycles. The van der Waals surface area contributed by atoms with Crippen molar-refractivity contribution in [3.63, 3.8) is 0 Å². The number of hydrogen-bond acceptors (Lipinski definition) is 3. The minimum atomic E-state index is -0.232. The summed E-state index contributed by atoms with van der Waals surface area (Å²) in [6, 6.07) is 0. The monoisotopic (exact) mass is 218 g/mol. The van der Waals surface area contributed by atoms with Gasteiger partial charge in [0.05, 0.1) is 0 Å². The van der Waals surface area contributed by atoms with Gasteiger partial charge in [-0.05, 0) is 0 Å². The van der Waals surface area contributed by atoms with Crippen LogP contribution in [0.5, 0.6) is 0 Å². The van der Waals surface area contributed by atoms with Crippen molar-refractivity contribution in [3.05, 3.63) is 20.7 Å². The molecule has 1 rings (SSSR count). The molecule has 0 bridgehead atoms. The number of carbonyl (C=O) groups is 1. The normalized spacial score (nSPS) is 17.5. The fourth-order valence-corrected chi connectivity index (χ4v) is 2.93. The van der Waals surface area contributed by atoms with Gasteiger partial charge in [-0.1, -0.05) is 0 Å². The molecule has 0 fully saturated rings. The van der Waals surface area contributed by atoms with E-state index in [1.54, 1.807) is 0 Å². The molecule has 1 unspecified atom stereocenters. The summed E-state index contributed by atoms with van der Waals surface area (Å²) < 4.78 is 5.93. The summed E-state index contributed by atoms with van der Waals surface area (Å²) in [6.45, 7) is 1.41. The molecule has 0 saturated heterocycles. The Kier molecular flexibility index (Phi) is 3.10. The van der Waals surface area contributed by atoms with Crippen LogP contribution < -0.4 is 0 Å². The molecule has 54 valence electrons. The molecule has 0 N–H and O–H groups in total. The molecule has 0 aliphatic carbocycles. The van der Waals surface area contributed by atoms with Gasteiger partial charge in [0.1, 0.15) is 0 Å². The zero-order chi connectivity index (χ0) is 7.40. The Morgan fingerprint density at radius 1 is 1.80 bits per heavy atom. The average molecular weight is 218 g/mol. The molecule has 1 atom stereocenters. The standard InChI is InChI=1S/C6H7AsO2S/c1-5(8)9-10-6-3-2-4-7-6/h2-4,7H,1H3. The van der Waals surface area contributed by atoms with Gasteiger partial charge in [-0.15, -0.1) is 0 Å². The van der Waals surface area contributed by atoms with Crippen LogP contribution in [0.25, 0.3) is 0 Å². The van der Waals surface area contributed by atoms with E-state index in [9.17, 15) is 4.79 Å². The van der Waals surface area contributed by atoms with E-state index in [2.05, 4.69) is 4.86 Å². The third-order valence-electron chi connectivity index (χ3n) is 0.818. The molecule has 10 heavy (non-hydrogen) atoms. The Labute approximate surface area is 70.6 Å². The van der Waals surface area contributed by atoms with Crippen LogP contribution in [0, 0.1) is 0 Å². The third-order valence-corrected chi connectivity index (χ3v) is 4.29. The number of carbonyl (C=O) groups excluding carboxylic acids is 1.